The first-order chi connectivity index (χ1) is 2.73. The normalized spacial score (nSPS) is 9.43. The molecule has 0 saturated heterocycles. The minimum atomic E-state index is -2.86. The van der Waals surface area contributed by atoms with Gasteiger partial charge in [-0.15, -0.1) is 0 Å². The smallest absolute Gasteiger partial charge is 0.750 e. The molecule has 4 nitrogen and oxygen atoms in total. The van der Waals surface area contributed by atoms with Crippen molar-refractivity contribution in [2.45, 2.75) is 0 Å². The molecule has 1 N–H and O–H groups in total. The van der Waals surface area contributed by atoms with Gasteiger partial charge in [-0.3, -0.25) is 0 Å². The molecule has 38 valence electrons. The molecule has 0 radical (unpaired) electrons. The molecule has 0 bridgehead atoms. The molecule has 1 unspecified atom stereocenters. The van der Waals surface area contributed by atoms with Gasteiger partial charge in [0.15, 0.2) is 0 Å². The molecular weight excluding hydrogens is 131 g/mol. The summed E-state index contributed by atoms with van der Waals surface area (Å²) in [6.45, 7) is 2.00. The molecule has 0 amide bonds. The van der Waals surface area contributed by atoms with Gasteiger partial charge in [0.05, 0.1) is 11.4 Å². The average molecular weight is 134 g/mol. The molecule has 0 aromatic heterocycles. The maximum Gasteiger partial charge on any atom is 1.00 e. The maximum atomic E-state index is 8.56. The van der Waals surface area contributed by atoms with E-state index >= 15 is 0 Å². The number of carbonyl (C=O) groups excluding carboxylic acids is 1. The Hall–Kier alpha value is 0.740. The molecule has 0 aliphatic rings. The number of carbonyl (C=O) groups is 1. The molecule has 0 spiro atoms. The van der Waals surface area contributed by atoms with E-state index in [0.29, 0.717) is 0 Å². The van der Waals surface area contributed by atoms with E-state index in [9.17, 15) is 0 Å². The Morgan fingerprint density at radius 1 is 1.57 bits per heavy atom. The van der Waals surface area contributed by atoms with Crippen LogP contribution in [0.3, 0.4) is 0 Å². The fourth-order valence-electron chi connectivity index (χ4n) is 0. The monoisotopic (exact) mass is 134 g/mol. The average Bonchev–Trinajstić information content (AvgIpc) is 1.41. The van der Waals surface area contributed by atoms with Crippen LogP contribution in [0.4, 0.5) is 0 Å². The molecule has 1 atom stereocenters. The molecular formula is CH3NaO4S. The van der Waals surface area contributed by atoms with Gasteiger partial charge < -0.3 is 13.9 Å². The van der Waals surface area contributed by atoms with E-state index in [1.807, 2.05) is 6.79 Å². The van der Waals surface area contributed by atoms with Crippen LogP contribution in [0.25, 0.3) is 0 Å². The van der Waals surface area contributed by atoms with Crippen LogP contribution < -0.4 is 29.6 Å². The van der Waals surface area contributed by atoms with Gasteiger partial charge in [-0.25, -0.2) is 4.21 Å². The fourth-order valence-corrected chi connectivity index (χ4v) is 0. The Bertz CT molecular complexity index is 43.0. The zero-order valence-electron chi connectivity index (χ0n) is 3.79. The van der Waals surface area contributed by atoms with Crippen molar-refractivity contribution in [3.05, 3.63) is 0 Å². The molecule has 0 aromatic rings. The van der Waals surface area contributed by atoms with E-state index in [1.165, 1.54) is 0 Å². The zero-order valence-corrected chi connectivity index (χ0v) is 6.60. The van der Waals surface area contributed by atoms with Crippen LogP contribution >= 0.6 is 0 Å². The standard InChI is InChI=1S/CH2O.Na.H2O3S/c1-2;;1-4(2)3/h1H2;;(H2,1,2,3)/q;+1;/p-1. The summed E-state index contributed by atoms with van der Waals surface area (Å²) in [6, 6.07) is 0. The van der Waals surface area contributed by atoms with Crippen molar-refractivity contribution in [1.82, 2.24) is 0 Å². The minimum absolute atomic E-state index is 0. The second kappa shape index (κ2) is 15.9. The first-order valence-corrected chi connectivity index (χ1v) is 1.84. The first-order valence-electron chi connectivity index (χ1n) is 0.805. The van der Waals surface area contributed by atoms with Crippen molar-refractivity contribution in [2.24, 2.45) is 0 Å². The summed E-state index contributed by atoms with van der Waals surface area (Å²) in [5.74, 6) is 0. The first kappa shape index (κ1) is 15.6. The Morgan fingerprint density at radius 2 is 1.57 bits per heavy atom. The van der Waals surface area contributed by atoms with Gasteiger partial charge in [0, 0.05) is 0 Å². The molecule has 7 heavy (non-hydrogen) atoms. The van der Waals surface area contributed by atoms with Crippen molar-refractivity contribution in [1.29, 1.82) is 0 Å². The third kappa shape index (κ3) is 277. The molecule has 6 heteroatoms. The Balaban J connectivity index is -0.0000000480. The molecule has 0 saturated carbocycles. The van der Waals surface area contributed by atoms with Gasteiger partial charge >= 0.3 is 29.6 Å². The van der Waals surface area contributed by atoms with Crippen molar-refractivity contribution < 1.29 is 47.7 Å². The third-order valence-electron chi connectivity index (χ3n) is 0. The summed E-state index contributed by atoms with van der Waals surface area (Å²) < 4.78 is 24.1. The second-order valence-electron chi connectivity index (χ2n) is 0.217. The number of rotatable bonds is 0. The van der Waals surface area contributed by atoms with E-state index < -0.39 is 11.4 Å². The number of hydrogen-bond donors (Lipinski definition) is 1. The Morgan fingerprint density at radius 3 is 1.57 bits per heavy atom. The fraction of sp³-hybridized carbons (Fsp3) is 0. The molecule has 0 aliphatic carbocycles. The van der Waals surface area contributed by atoms with E-state index in [-0.39, 0.29) is 29.6 Å². The Kier molecular flexibility index (Phi) is 35.5. The summed E-state index contributed by atoms with van der Waals surface area (Å²) in [5.41, 5.74) is 0. The van der Waals surface area contributed by atoms with Crippen LogP contribution in [0.1, 0.15) is 0 Å². The maximum absolute atomic E-state index is 8.56. The Labute approximate surface area is 65.7 Å². The van der Waals surface area contributed by atoms with E-state index in [2.05, 4.69) is 0 Å². The van der Waals surface area contributed by atoms with Crippen LogP contribution in [-0.4, -0.2) is 20.1 Å². The van der Waals surface area contributed by atoms with Gasteiger partial charge in [-0.2, -0.15) is 0 Å². The quantitative estimate of drug-likeness (QED) is 0.272. The number of hydrogen-bond acceptors (Lipinski definition) is 3. The van der Waals surface area contributed by atoms with Gasteiger partial charge in [-0.1, -0.05) is 0 Å². The van der Waals surface area contributed by atoms with Crippen molar-refractivity contribution in [3.8, 4) is 0 Å². The van der Waals surface area contributed by atoms with Gasteiger partial charge in [0.2, 0.25) is 0 Å². The van der Waals surface area contributed by atoms with E-state index in [0.717, 1.165) is 0 Å². The third-order valence-corrected chi connectivity index (χ3v) is 0. The van der Waals surface area contributed by atoms with Gasteiger partial charge in [-0.05, 0) is 0 Å². The van der Waals surface area contributed by atoms with Crippen LogP contribution in [0.5, 0.6) is 0 Å². The van der Waals surface area contributed by atoms with Crippen molar-refractivity contribution >= 4 is 18.2 Å². The van der Waals surface area contributed by atoms with Crippen molar-refractivity contribution in [3.63, 3.8) is 0 Å². The summed E-state index contributed by atoms with van der Waals surface area (Å²) in [4.78, 5) is 8.00. The van der Waals surface area contributed by atoms with E-state index in [4.69, 9.17) is 18.1 Å². The van der Waals surface area contributed by atoms with Crippen molar-refractivity contribution in [2.75, 3.05) is 0 Å². The molecule has 0 aliphatic heterocycles. The predicted molar refractivity (Wildman–Crippen MR) is 18.7 cm³/mol. The predicted octanol–water partition coefficient (Wildman–Crippen LogP) is -3.84. The zero-order chi connectivity index (χ0) is 5.58. The molecule has 0 fully saturated rings. The van der Waals surface area contributed by atoms with E-state index in [1.54, 1.807) is 0 Å². The SMILES string of the molecule is C=O.O=S([O-])O.[Na+]. The van der Waals surface area contributed by atoms with Crippen LogP contribution in [0.2, 0.25) is 0 Å². The second-order valence-corrected chi connectivity index (χ2v) is 0.651. The largest absolute Gasteiger partial charge is 1.00 e. The molecule has 0 heterocycles. The summed E-state index contributed by atoms with van der Waals surface area (Å²) >= 11 is -2.86. The topological polar surface area (TPSA) is 77.4 Å². The molecule has 0 aromatic carbocycles. The minimum Gasteiger partial charge on any atom is -0.750 e. The van der Waals surface area contributed by atoms with Crippen LogP contribution in [0.15, 0.2) is 0 Å². The van der Waals surface area contributed by atoms with Gasteiger partial charge in [0.1, 0.15) is 6.79 Å². The summed E-state index contributed by atoms with van der Waals surface area (Å²) in [6.07, 6.45) is 0. The summed E-state index contributed by atoms with van der Waals surface area (Å²) in [5, 5.41) is 0. The molecule has 0 rings (SSSR count). The van der Waals surface area contributed by atoms with Crippen LogP contribution in [-0.2, 0) is 16.2 Å². The van der Waals surface area contributed by atoms with Crippen LogP contribution in [0, 0.1) is 0 Å². The van der Waals surface area contributed by atoms with Gasteiger partial charge in [0.25, 0.3) is 0 Å². The summed E-state index contributed by atoms with van der Waals surface area (Å²) in [7, 11) is 0.